The fourth-order valence-electron chi connectivity index (χ4n) is 3.53. The summed E-state index contributed by atoms with van der Waals surface area (Å²) < 4.78 is 5.81. The average molecular weight is 269 g/mol. The maximum absolute atomic E-state index is 12.7. The number of hydrogen-bond acceptors (Lipinski definition) is 2. The van der Waals surface area contributed by atoms with E-state index >= 15 is 0 Å². The Labute approximate surface area is 118 Å². The summed E-state index contributed by atoms with van der Waals surface area (Å²) in [5.74, 6) is 1.35. The largest absolute Gasteiger partial charge is 0.376 e. The summed E-state index contributed by atoms with van der Waals surface area (Å²) in [4.78, 5) is 14.7. The lowest BCUT2D eigenvalue weighted by Gasteiger charge is -2.39. The molecule has 3 atom stereocenters. The highest BCUT2D eigenvalue weighted by Crippen LogP contribution is 2.35. The van der Waals surface area contributed by atoms with Crippen LogP contribution in [-0.4, -0.2) is 36.1 Å². The van der Waals surface area contributed by atoms with Crippen LogP contribution in [-0.2, 0) is 9.53 Å². The fraction of sp³-hybridized carbons (Fsp3) is 0.938. The summed E-state index contributed by atoms with van der Waals surface area (Å²) in [6.07, 6.45) is 2.58. The Morgan fingerprint density at radius 3 is 2.00 bits per heavy atom. The zero-order valence-electron chi connectivity index (χ0n) is 13.5. The zero-order valence-corrected chi connectivity index (χ0v) is 13.5. The normalized spacial score (nSPS) is 29.3. The molecular weight excluding hydrogens is 238 g/mol. The predicted molar refractivity (Wildman–Crippen MR) is 79.0 cm³/mol. The third-order valence-corrected chi connectivity index (χ3v) is 4.32. The monoisotopic (exact) mass is 269 g/mol. The fourth-order valence-corrected chi connectivity index (χ4v) is 3.53. The molecule has 1 heterocycles. The van der Waals surface area contributed by atoms with E-state index in [9.17, 15) is 4.79 Å². The van der Waals surface area contributed by atoms with Crippen molar-refractivity contribution in [3.8, 4) is 0 Å². The van der Waals surface area contributed by atoms with Crippen LogP contribution in [0.2, 0.25) is 0 Å². The SMILES string of the molecule is CCN(CC)C(=O)C(C(C)C)C1CC(C)OC(C)C1. The minimum Gasteiger partial charge on any atom is -0.376 e. The van der Waals surface area contributed by atoms with E-state index in [0.717, 1.165) is 25.9 Å². The molecule has 1 rings (SSSR count). The van der Waals surface area contributed by atoms with Gasteiger partial charge < -0.3 is 9.64 Å². The van der Waals surface area contributed by atoms with E-state index in [1.807, 2.05) is 4.90 Å². The Balaban J connectivity index is 2.84. The van der Waals surface area contributed by atoms with E-state index in [-0.39, 0.29) is 18.1 Å². The van der Waals surface area contributed by atoms with Gasteiger partial charge in [-0.15, -0.1) is 0 Å². The van der Waals surface area contributed by atoms with Crippen LogP contribution >= 0.6 is 0 Å². The quantitative estimate of drug-likeness (QED) is 0.766. The van der Waals surface area contributed by atoms with E-state index in [0.29, 0.717) is 17.7 Å². The molecule has 1 aliphatic rings. The van der Waals surface area contributed by atoms with Crippen LogP contribution in [0.5, 0.6) is 0 Å². The second-order valence-corrected chi connectivity index (χ2v) is 6.27. The lowest BCUT2D eigenvalue weighted by Crippen LogP contribution is -2.44. The molecule has 1 fully saturated rings. The molecule has 3 nitrogen and oxygen atoms in total. The van der Waals surface area contributed by atoms with Gasteiger partial charge in [-0.25, -0.2) is 0 Å². The molecule has 1 aliphatic heterocycles. The Hall–Kier alpha value is -0.570. The molecular formula is C16H31NO2. The molecule has 112 valence electrons. The van der Waals surface area contributed by atoms with Gasteiger partial charge in [0.05, 0.1) is 12.2 Å². The van der Waals surface area contributed by atoms with Crippen molar-refractivity contribution in [3.63, 3.8) is 0 Å². The Morgan fingerprint density at radius 2 is 1.63 bits per heavy atom. The standard InChI is InChI=1S/C16H31NO2/c1-7-17(8-2)16(18)15(11(3)4)14-9-12(5)19-13(6)10-14/h11-15H,7-10H2,1-6H3. The van der Waals surface area contributed by atoms with Gasteiger partial charge in [0.15, 0.2) is 0 Å². The molecule has 0 bridgehead atoms. The molecule has 3 heteroatoms. The third kappa shape index (κ3) is 4.20. The summed E-state index contributed by atoms with van der Waals surface area (Å²) in [5, 5.41) is 0. The smallest absolute Gasteiger partial charge is 0.226 e. The summed E-state index contributed by atoms with van der Waals surface area (Å²) in [6, 6.07) is 0. The number of carbonyl (C=O) groups excluding carboxylic acids is 1. The molecule has 0 radical (unpaired) electrons. The second kappa shape index (κ2) is 7.28. The highest BCUT2D eigenvalue weighted by atomic mass is 16.5. The van der Waals surface area contributed by atoms with Crippen LogP contribution < -0.4 is 0 Å². The lowest BCUT2D eigenvalue weighted by molar-refractivity contribution is -0.143. The van der Waals surface area contributed by atoms with E-state index in [2.05, 4.69) is 41.5 Å². The van der Waals surface area contributed by atoms with Gasteiger partial charge in [0.25, 0.3) is 0 Å². The number of nitrogens with zero attached hydrogens (tertiary/aromatic N) is 1. The number of hydrogen-bond donors (Lipinski definition) is 0. The van der Waals surface area contributed by atoms with Gasteiger partial charge in [-0.1, -0.05) is 13.8 Å². The highest BCUT2D eigenvalue weighted by Gasteiger charge is 2.37. The Morgan fingerprint density at radius 1 is 1.16 bits per heavy atom. The van der Waals surface area contributed by atoms with Crippen LogP contribution in [0.1, 0.15) is 54.4 Å². The van der Waals surface area contributed by atoms with E-state index in [1.54, 1.807) is 0 Å². The van der Waals surface area contributed by atoms with Crippen molar-refractivity contribution in [1.29, 1.82) is 0 Å². The van der Waals surface area contributed by atoms with Crippen molar-refractivity contribution in [1.82, 2.24) is 4.90 Å². The van der Waals surface area contributed by atoms with Crippen LogP contribution in [0.15, 0.2) is 0 Å². The Bertz CT molecular complexity index is 276. The molecule has 0 aliphatic carbocycles. The first-order valence-electron chi connectivity index (χ1n) is 7.84. The maximum Gasteiger partial charge on any atom is 0.226 e. The second-order valence-electron chi connectivity index (χ2n) is 6.27. The Kier molecular flexibility index (Phi) is 6.31. The number of carbonyl (C=O) groups is 1. The summed E-state index contributed by atoms with van der Waals surface area (Å²) in [6.45, 7) is 14.4. The zero-order chi connectivity index (χ0) is 14.6. The van der Waals surface area contributed by atoms with Crippen molar-refractivity contribution in [3.05, 3.63) is 0 Å². The predicted octanol–water partition coefficient (Wildman–Crippen LogP) is 3.33. The molecule has 0 aromatic carbocycles. The van der Waals surface area contributed by atoms with Crippen molar-refractivity contribution in [2.75, 3.05) is 13.1 Å². The van der Waals surface area contributed by atoms with Crippen molar-refractivity contribution in [2.45, 2.75) is 66.6 Å². The van der Waals surface area contributed by atoms with Gasteiger partial charge >= 0.3 is 0 Å². The number of ether oxygens (including phenoxy) is 1. The minimum atomic E-state index is 0.147. The van der Waals surface area contributed by atoms with Gasteiger partial charge in [-0.3, -0.25) is 4.79 Å². The summed E-state index contributed by atoms with van der Waals surface area (Å²) in [5.41, 5.74) is 0. The van der Waals surface area contributed by atoms with Gasteiger partial charge in [0.1, 0.15) is 0 Å². The highest BCUT2D eigenvalue weighted by molar-refractivity contribution is 5.79. The van der Waals surface area contributed by atoms with Gasteiger partial charge in [0.2, 0.25) is 5.91 Å². The first kappa shape index (κ1) is 16.5. The maximum atomic E-state index is 12.7. The first-order valence-corrected chi connectivity index (χ1v) is 7.84. The van der Waals surface area contributed by atoms with E-state index in [4.69, 9.17) is 4.74 Å². The molecule has 19 heavy (non-hydrogen) atoms. The lowest BCUT2D eigenvalue weighted by atomic mass is 9.75. The number of amides is 1. The van der Waals surface area contributed by atoms with Crippen molar-refractivity contribution in [2.24, 2.45) is 17.8 Å². The van der Waals surface area contributed by atoms with Gasteiger partial charge in [-0.05, 0) is 52.4 Å². The molecule has 3 unspecified atom stereocenters. The van der Waals surface area contributed by atoms with E-state index < -0.39 is 0 Å². The first-order chi connectivity index (χ1) is 8.90. The van der Waals surface area contributed by atoms with Gasteiger partial charge in [0, 0.05) is 19.0 Å². The summed E-state index contributed by atoms with van der Waals surface area (Å²) in [7, 11) is 0. The van der Waals surface area contributed by atoms with Crippen molar-refractivity contribution >= 4 is 5.91 Å². The molecule has 1 amide bonds. The molecule has 0 saturated carbocycles. The molecule has 1 saturated heterocycles. The molecule has 0 N–H and O–H groups in total. The molecule has 0 aromatic heterocycles. The van der Waals surface area contributed by atoms with E-state index in [1.165, 1.54) is 0 Å². The van der Waals surface area contributed by atoms with Crippen LogP contribution in [0, 0.1) is 17.8 Å². The minimum absolute atomic E-state index is 0.147. The van der Waals surface area contributed by atoms with Crippen molar-refractivity contribution < 1.29 is 9.53 Å². The average Bonchev–Trinajstić information content (AvgIpc) is 2.28. The van der Waals surface area contributed by atoms with Crippen LogP contribution in [0.25, 0.3) is 0 Å². The molecule has 0 aromatic rings. The topological polar surface area (TPSA) is 29.5 Å². The van der Waals surface area contributed by atoms with Gasteiger partial charge in [-0.2, -0.15) is 0 Å². The molecule has 0 spiro atoms. The van der Waals surface area contributed by atoms with Crippen LogP contribution in [0.3, 0.4) is 0 Å². The number of rotatable bonds is 5. The summed E-state index contributed by atoms with van der Waals surface area (Å²) >= 11 is 0. The van der Waals surface area contributed by atoms with Crippen LogP contribution in [0.4, 0.5) is 0 Å². The third-order valence-electron chi connectivity index (χ3n) is 4.32.